The maximum atomic E-state index is 2.66. The minimum atomic E-state index is -0.521. The molecule has 2 aliphatic carbocycles. The van der Waals surface area contributed by atoms with Gasteiger partial charge in [0.05, 0.1) is 22.1 Å². The van der Waals surface area contributed by atoms with E-state index in [1.807, 2.05) is 0 Å². The molecule has 17 rings (SSSR count). The van der Waals surface area contributed by atoms with Gasteiger partial charge in [0.1, 0.15) is 0 Å². The maximum Gasteiger partial charge on any atom is 0.0725 e. The Bertz CT molecular complexity index is 5900. The molecule has 15 aromatic rings. The van der Waals surface area contributed by atoms with E-state index in [-0.39, 0.29) is 32.5 Å². The Morgan fingerprint density at radius 1 is 0.214 bits per heavy atom. The summed E-state index contributed by atoms with van der Waals surface area (Å²) in [4.78, 5) is 5.25. The highest BCUT2D eigenvalue weighted by atomic mass is 15.2. The van der Waals surface area contributed by atoms with Crippen LogP contribution in [0.1, 0.15) is 180 Å². The normalized spacial score (nSPS) is 13.3. The van der Waals surface area contributed by atoms with Crippen molar-refractivity contribution in [3.63, 3.8) is 0 Å². The van der Waals surface area contributed by atoms with E-state index in [0.29, 0.717) is 0 Å². The van der Waals surface area contributed by atoms with Gasteiger partial charge in [0.25, 0.3) is 0 Å². The van der Waals surface area contributed by atoms with E-state index in [1.165, 1.54) is 99.7 Å². The van der Waals surface area contributed by atoms with Gasteiger partial charge in [0.15, 0.2) is 0 Å². The van der Waals surface area contributed by atoms with Crippen LogP contribution in [-0.2, 0) is 37.9 Å². The highest BCUT2D eigenvalue weighted by molar-refractivity contribution is 6.10. The van der Waals surface area contributed by atoms with Crippen molar-refractivity contribution in [2.24, 2.45) is 0 Å². The van der Waals surface area contributed by atoms with E-state index in [0.717, 1.165) is 84.3 Å². The van der Waals surface area contributed by atoms with Gasteiger partial charge in [-0.15, -0.1) is 0 Å². The average Bonchev–Trinajstić information content (AvgIpc) is 1.50. The lowest BCUT2D eigenvalue weighted by molar-refractivity contribution is 0.589. The molecule has 3 nitrogen and oxygen atoms in total. The molecular formula is C109H105N3. The zero-order chi connectivity index (χ0) is 78.3. The van der Waals surface area contributed by atoms with Crippen LogP contribution in [0, 0.1) is 0 Å². The Labute approximate surface area is 666 Å². The maximum absolute atomic E-state index is 2.66. The summed E-state index contributed by atoms with van der Waals surface area (Å²) in [6.45, 7) is 42.2. The second-order valence-electron chi connectivity index (χ2n) is 37.9. The van der Waals surface area contributed by atoms with Gasteiger partial charge < -0.3 is 14.4 Å². The molecule has 1 aromatic heterocycles. The molecule has 0 fully saturated rings. The van der Waals surface area contributed by atoms with Crippen LogP contribution in [0.4, 0.5) is 34.1 Å². The Kier molecular flexibility index (Phi) is 17.6. The molecule has 0 aliphatic heterocycles. The van der Waals surface area contributed by atoms with E-state index in [4.69, 9.17) is 0 Å². The van der Waals surface area contributed by atoms with Crippen molar-refractivity contribution in [1.82, 2.24) is 4.57 Å². The molecule has 0 bridgehead atoms. The fourth-order valence-corrected chi connectivity index (χ4v) is 17.8. The molecule has 0 N–H and O–H groups in total. The minimum Gasteiger partial charge on any atom is -0.310 e. The van der Waals surface area contributed by atoms with E-state index in [9.17, 15) is 0 Å². The molecule has 3 heteroatoms. The Morgan fingerprint density at radius 2 is 0.589 bits per heavy atom. The first-order valence-electron chi connectivity index (χ1n) is 40.4. The van der Waals surface area contributed by atoms with Gasteiger partial charge in [-0.2, -0.15) is 0 Å². The van der Waals surface area contributed by atoms with Crippen LogP contribution >= 0.6 is 0 Å². The van der Waals surface area contributed by atoms with Crippen LogP contribution < -0.4 is 9.80 Å². The van der Waals surface area contributed by atoms with Crippen LogP contribution in [0.2, 0.25) is 0 Å². The molecule has 0 amide bonds. The van der Waals surface area contributed by atoms with Gasteiger partial charge in [0, 0.05) is 56.0 Å². The quantitative estimate of drug-likeness (QED) is 0.128. The molecular weight excluding hydrogens is 1350 g/mol. The molecule has 0 saturated carbocycles. The summed E-state index contributed by atoms with van der Waals surface area (Å²) in [6, 6.07) is 120. The average molecular weight is 1460 g/mol. The highest BCUT2D eigenvalue weighted by Gasteiger charge is 2.52. The first kappa shape index (κ1) is 73.3. The topological polar surface area (TPSA) is 11.4 Å². The molecule has 0 unspecified atom stereocenters. The van der Waals surface area contributed by atoms with Crippen LogP contribution in [0.15, 0.2) is 309 Å². The van der Waals surface area contributed by atoms with E-state index in [1.54, 1.807) is 0 Å². The van der Waals surface area contributed by atoms with Gasteiger partial charge in [-0.3, -0.25) is 0 Å². The van der Waals surface area contributed by atoms with Crippen molar-refractivity contribution in [2.75, 3.05) is 9.80 Å². The summed E-state index contributed by atoms with van der Waals surface area (Å²) >= 11 is 0. The number of hydrogen-bond donors (Lipinski definition) is 0. The lowest BCUT2D eigenvalue weighted by Gasteiger charge is -2.35. The molecule has 112 heavy (non-hydrogen) atoms. The molecule has 556 valence electrons. The van der Waals surface area contributed by atoms with Crippen LogP contribution in [0.25, 0.3) is 94.3 Å². The molecule has 1 spiro atoms. The molecule has 0 saturated heterocycles. The third-order valence-corrected chi connectivity index (χ3v) is 24.1. The predicted octanol–water partition coefficient (Wildman–Crippen LogP) is 30.5. The summed E-state index contributed by atoms with van der Waals surface area (Å²) in [7, 11) is 0. The Morgan fingerprint density at radius 3 is 1.04 bits per heavy atom. The Hall–Kier alpha value is -11.5. The molecule has 0 radical (unpaired) electrons. The minimum absolute atomic E-state index is 0.0578. The van der Waals surface area contributed by atoms with E-state index < -0.39 is 5.41 Å². The predicted molar refractivity (Wildman–Crippen MR) is 480 cm³/mol. The summed E-state index contributed by atoms with van der Waals surface area (Å²) in [5, 5.41) is 2.51. The number of rotatable bonds is 11. The van der Waals surface area contributed by atoms with Crippen LogP contribution in [0.5, 0.6) is 0 Å². The number of benzene rings is 14. The lowest BCUT2D eigenvalue weighted by Crippen LogP contribution is -2.25. The fraction of sp³-hybridized carbons (Fsp3) is 0.229. The summed E-state index contributed by atoms with van der Waals surface area (Å²) in [5.74, 6) is 0. The third-order valence-electron chi connectivity index (χ3n) is 24.1. The van der Waals surface area contributed by atoms with Crippen molar-refractivity contribution in [2.45, 2.75) is 163 Å². The highest BCUT2D eigenvalue weighted by Crippen LogP contribution is 2.64. The summed E-state index contributed by atoms with van der Waals surface area (Å²) in [5.41, 5.74) is 35.6. The SMILES string of the molecule is CC(C)(C)c1ccc(-c2cc(C(C)(C)C)cc(-c3ccc(C(C)(C)C)cc3)c2N(c2cccc(-n3c4ccc(C(C)(C)C)cc4c4cc(C(C)(C)C)ccc43)c2)c2cc(N(c3cc(-c4ccccc4)cc(-c4ccccc4)c3)c3ccc4c(c3)-c3ccccc3C43c4ccccc4-c4ccccc43)cc(C(C)(C)C)c2)cc1. The lowest BCUT2D eigenvalue weighted by atomic mass is 9.70. The smallest absolute Gasteiger partial charge is 0.0725 e. The van der Waals surface area contributed by atoms with Gasteiger partial charge in [-0.1, -0.05) is 331 Å². The Balaban J connectivity index is 1.00. The molecule has 0 atom stereocenters. The zero-order valence-corrected chi connectivity index (χ0v) is 68.8. The van der Waals surface area contributed by atoms with Crippen molar-refractivity contribution < 1.29 is 0 Å². The monoisotopic (exact) mass is 1460 g/mol. The second kappa shape index (κ2) is 26.9. The molecule has 1 heterocycles. The summed E-state index contributed by atoms with van der Waals surface area (Å²) in [6.07, 6.45) is 0. The number of fused-ring (bicyclic) bond motifs is 13. The zero-order valence-electron chi connectivity index (χ0n) is 68.8. The van der Waals surface area contributed by atoms with Crippen molar-refractivity contribution in [1.29, 1.82) is 0 Å². The van der Waals surface area contributed by atoms with Crippen LogP contribution in [-0.4, -0.2) is 4.57 Å². The molecule has 2 aliphatic rings. The van der Waals surface area contributed by atoms with Gasteiger partial charge >= 0.3 is 0 Å². The largest absolute Gasteiger partial charge is 0.310 e. The van der Waals surface area contributed by atoms with Crippen molar-refractivity contribution >= 4 is 55.9 Å². The number of anilines is 6. The first-order chi connectivity index (χ1) is 53.3. The standard InChI is InChI=1S/C109H105N3/c1-103(2,3)76-48-44-72(45-49-76)91-65-81(108(16,17)18)66-92(73-46-50-77(51-47-73)104(4,5)6)102(91)111(82-36-31-37-83(67-82)112-100-56-52-78(105(7,8)9)63-94(100)95-64-79(106(10,11)12)53-57-101(95)112)87-62-80(107(13,14)15)61-86(68-87)110(85-59-74(70-32-21-19-22-33-70)58-75(60-85)71-34-23-20-24-35-71)84-54-55-99-93(69-84)90-40-27-30-43-98(90)109(99)96-41-28-25-38-88(96)89-39-26-29-42-97(89)109/h19-69H,1-18H3. The van der Waals surface area contributed by atoms with E-state index >= 15 is 0 Å². The summed E-state index contributed by atoms with van der Waals surface area (Å²) < 4.78 is 2.54. The number of nitrogens with zero attached hydrogens (tertiary/aromatic N) is 3. The fourth-order valence-electron chi connectivity index (χ4n) is 17.8. The second-order valence-corrected chi connectivity index (χ2v) is 37.9. The first-order valence-corrected chi connectivity index (χ1v) is 40.4. The van der Waals surface area contributed by atoms with Gasteiger partial charge in [-0.05, 0) is 247 Å². The van der Waals surface area contributed by atoms with E-state index in [2.05, 4.69) is 448 Å². The van der Waals surface area contributed by atoms with Crippen molar-refractivity contribution in [3.05, 3.63) is 365 Å². The van der Waals surface area contributed by atoms with Crippen molar-refractivity contribution in [3.8, 4) is 72.4 Å². The van der Waals surface area contributed by atoms with Crippen LogP contribution in [0.3, 0.4) is 0 Å². The number of hydrogen-bond acceptors (Lipinski definition) is 2. The third kappa shape index (κ3) is 12.8. The van der Waals surface area contributed by atoms with Gasteiger partial charge in [0.2, 0.25) is 0 Å². The van der Waals surface area contributed by atoms with Gasteiger partial charge in [-0.25, -0.2) is 0 Å². The molecule has 14 aromatic carbocycles. The number of aromatic nitrogens is 1.